The molecule has 0 bridgehead atoms. The second-order valence-electron chi connectivity index (χ2n) is 6.99. The highest BCUT2D eigenvalue weighted by atomic mass is 79.9. The van der Waals surface area contributed by atoms with Crippen LogP contribution in [0.5, 0.6) is 0 Å². The van der Waals surface area contributed by atoms with Crippen LogP contribution in [-0.4, -0.2) is 41.0 Å². The molecule has 5 nitrogen and oxygen atoms in total. The molecular weight excluding hydrogens is 394 g/mol. The van der Waals surface area contributed by atoms with Crippen molar-refractivity contribution in [2.75, 3.05) is 18.0 Å². The Kier molecular flexibility index (Phi) is 3.74. The summed E-state index contributed by atoms with van der Waals surface area (Å²) in [5, 5.41) is 4.36. The molecular formula is C20H18BrN3O2. The molecule has 2 amide bonds. The maximum Gasteiger partial charge on any atom is 0.253 e. The summed E-state index contributed by atoms with van der Waals surface area (Å²) >= 11 is 3.48. The number of amides is 2. The second kappa shape index (κ2) is 6.01. The van der Waals surface area contributed by atoms with Gasteiger partial charge in [-0.25, -0.2) is 14.9 Å². The first kappa shape index (κ1) is 16.2. The van der Waals surface area contributed by atoms with Crippen molar-refractivity contribution in [3.63, 3.8) is 0 Å². The van der Waals surface area contributed by atoms with Crippen LogP contribution < -0.4 is 4.90 Å². The number of fused-ring (bicyclic) bond motifs is 3. The highest BCUT2D eigenvalue weighted by Crippen LogP contribution is 2.48. The van der Waals surface area contributed by atoms with Crippen LogP contribution in [0.4, 0.5) is 5.69 Å². The Bertz CT molecular complexity index is 870. The third kappa shape index (κ3) is 2.22. The monoisotopic (exact) mass is 411 g/mol. The zero-order chi connectivity index (χ0) is 17.8. The average molecular weight is 412 g/mol. The lowest BCUT2D eigenvalue weighted by molar-refractivity contribution is -0.126. The van der Waals surface area contributed by atoms with Gasteiger partial charge in [0.25, 0.3) is 5.91 Å². The predicted molar refractivity (Wildman–Crippen MR) is 101 cm³/mol. The lowest BCUT2D eigenvalue weighted by Crippen LogP contribution is -2.44. The molecule has 0 spiro atoms. The first-order chi connectivity index (χ1) is 12.7. The molecule has 0 N–H and O–H groups in total. The smallest absolute Gasteiger partial charge is 0.253 e. The molecule has 3 heterocycles. The van der Waals surface area contributed by atoms with E-state index in [-0.39, 0.29) is 29.8 Å². The topological polar surface area (TPSA) is 43.9 Å². The van der Waals surface area contributed by atoms with Gasteiger partial charge in [0.05, 0.1) is 17.6 Å². The van der Waals surface area contributed by atoms with Crippen LogP contribution in [0, 0.1) is 5.92 Å². The molecule has 26 heavy (non-hydrogen) atoms. The standard InChI is InChI=1S/C20H18BrN3O2/c21-14-9-7-13(8-10-14)17-16-18(23-12-4-11-22(17)23)20(26)24(19(16)25)15-5-2-1-3-6-15/h1-3,5-10,16-18H,4,11-12H2/t16-,17+,18-/m1/s1. The first-order valence-electron chi connectivity index (χ1n) is 8.88. The third-order valence-electron chi connectivity index (χ3n) is 5.63. The van der Waals surface area contributed by atoms with E-state index in [1.54, 1.807) is 0 Å². The molecule has 3 saturated heterocycles. The summed E-state index contributed by atoms with van der Waals surface area (Å²) in [6.45, 7) is 1.72. The van der Waals surface area contributed by atoms with Crippen LogP contribution >= 0.6 is 15.9 Å². The number of anilines is 1. The number of carbonyl (C=O) groups excluding carboxylic acids is 2. The normalized spacial score (nSPS) is 28.7. The van der Waals surface area contributed by atoms with Gasteiger partial charge >= 0.3 is 0 Å². The second-order valence-corrected chi connectivity index (χ2v) is 7.91. The minimum atomic E-state index is -0.390. The van der Waals surface area contributed by atoms with E-state index < -0.39 is 0 Å². The van der Waals surface area contributed by atoms with Gasteiger partial charge in [0.15, 0.2) is 0 Å². The molecule has 2 aromatic rings. The van der Waals surface area contributed by atoms with Crippen LogP contribution in [-0.2, 0) is 9.59 Å². The molecule has 3 aliphatic rings. The lowest BCUT2D eigenvalue weighted by atomic mass is 9.90. The van der Waals surface area contributed by atoms with Crippen molar-refractivity contribution in [2.45, 2.75) is 18.5 Å². The highest BCUT2D eigenvalue weighted by molar-refractivity contribution is 9.10. The fraction of sp³-hybridized carbons (Fsp3) is 0.300. The molecule has 0 unspecified atom stereocenters. The van der Waals surface area contributed by atoms with Gasteiger partial charge in [0, 0.05) is 17.6 Å². The predicted octanol–water partition coefficient (Wildman–Crippen LogP) is 2.98. The van der Waals surface area contributed by atoms with Crippen molar-refractivity contribution in [3.8, 4) is 0 Å². The van der Waals surface area contributed by atoms with E-state index in [0.717, 1.165) is 29.5 Å². The number of benzene rings is 2. The van der Waals surface area contributed by atoms with E-state index in [1.165, 1.54) is 4.90 Å². The SMILES string of the molecule is O=C1[C@H]2[C@H](C(=O)N1c1ccccc1)N1CCCN1[C@H]2c1ccc(Br)cc1. The molecule has 2 aromatic carbocycles. The maximum atomic E-state index is 13.3. The number of halogens is 1. The third-order valence-corrected chi connectivity index (χ3v) is 6.16. The number of hydrogen-bond donors (Lipinski definition) is 0. The first-order valence-corrected chi connectivity index (χ1v) is 9.67. The molecule has 3 fully saturated rings. The zero-order valence-electron chi connectivity index (χ0n) is 14.1. The van der Waals surface area contributed by atoms with Crippen molar-refractivity contribution in [2.24, 2.45) is 5.92 Å². The molecule has 0 aliphatic carbocycles. The van der Waals surface area contributed by atoms with Crippen LogP contribution in [0.2, 0.25) is 0 Å². The number of rotatable bonds is 2. The molecule has 132 valence electrons. The summed E-state index contributed by atoms with van der Waals surface area (Å²) in [6, 6.07) is 16.9. The Labute approximate surface area is 160 Å². The van der Waals surface area contributed by atoms with Gasteiger partial charge in [-0.05, 0) is 36.2 Å². The number of hydrogen-bond acceptors (Lipinski definition) is 4. The van der Waals surface area contributed by atoms with Crippen molar-refractivity contribution >= 4 is 33.4 Å². The molecule has 5 rings (SSSR count). The van der Waals surface area contributed by atoms with E-state index in [9.17, 15) is 9.59 Å². The zero-order valence-corrected chi connectivity index (χ0v) is 15.7. The summed E-state index contributed by atoms with van der Waals surface area (Å²) in [4.78, 5) is 27.9. The molecule has 3 aliphatic heterocycles. The van der Waals surface area contributed by atoms with E-state index >= 15 is 0 Å². The summed E-state index contributed by atoms with van der Waals surface area (Å²) in [5.74, 6) is -0.546. The van der Waals surface area contributed by atoms with Gasteiger partial charge < -0.3 is 0 Å². The van der Waals surface area contributed by atoms with Gasteiger partial charge in [0.2, 0.25) is 5.91 Å². The van der Waals surface area contributed by atoms with E-state index in [2.05, 4.69) is 38.1 Å². The lowest BCUT2D eigenvalue weighted by Gasteiger charge is -2.29. The maximum absolute atomic E-state index is 13.3. The molecule has 0 radical (unpaired) electrons. The highest BCUT2D eigenvalue weighted by Gasteiger charge is 2.62. The van der Waals surface area contributed by atoms with Gasteiger partial charge in [-0.2, -0.15) is 0 Å². The van der Waals surface area contributed by atoms with Crippen molar-refractivity contribution in [1.29, 1.82) is 0 Å². The number of imide groups is 1. The fourth-order valence-corrected chi connectivity index (χ4v) is 4.87. The van der Waals surface area contributed by atoms with Crippen LogP contribution in [0.15, 0.2) is 59.1 Å². The minimum absolute atomic E-state index is 0.0826. The molecule has 6 heteroatoms. The Morgan fingerprint density at radius 1 is 0.808 bits per heavy atom. The van der Waals surface area contributed by atoms with Crippen molar-refractivity contribution in [3.05, 3.63) is 64.6 Å². The Balaban J connectivity index is 1.59. The quantitative estimate of drug-likeness (QED) is 0.712. The van der Waals surface area contributed by atoms with Gasteiger partial charge in [-0.15, -0.1) is 0 Å². The minimum Gasteiger partial charge on any atom is -0.274 e. The molecule has 3 atom stereocenters. The van der Waals surface area contributed by atoms with Gasteiger partial charge in [-0.3, -0.25) is 9.59 Å². The van der Waals surface area contributed by atoms with Crippen LogP contribution in [0.3, 0.4) is 0 Å². The Morgan fingerprint density at radius 2 is 1.46 bits per heavy atom. The fourth-order valence-electron chi connectivity index (χ4n) is 4.60. The Hall–Kier alpha value is -2.02. The Morgan fingerprint density at radius 3 is 2.15 bits per heavy atom. The van der Waals surface area contributed by atoms with Crippen molar-refractivity contribution < 1.29 is 9.59 Å². The van der Waals surface area contributed by atoms with E-state index in [0.29, 0.717) is 5.69 Å². The summed E-state index contributed by atoms with van der Waals surface area (Å²) in [7, 11) is 0. The molecule has 0 aromatic heterocycles. The van der Waals surface area contributed by atoms with Gasteiger partial charge in [-0.1, -0.05) is 46.3 Å². The summed E-state index contributed by atoms with van der Waals surface area (Å²) in [5.41, 5.74) is 1.75. The summed E-state index contributed by atoms with van der Waals surface area (Å²) in [6.07, 6.45) is 1.02. The average Bonchev–Trinajstić information content (AvgIpc) is 3.29. The van der Waals surface area contributed by atoms with E-state index in [1.807, 2.05) is 42.5 Å². The number of para-hydroxylation sites is 1. The number of hydrazine groups is 1. The van der Waals surface area contributed by atoms with Crippen molar-refractivity contribution in [1.82, 2.24) is 10.0 Å². The summed E-state index contributed by atoms with van der Waals surface area (Å²) < 4.78 is 1.01. The number of carbonyl (C=O) groups is 2. The number of nitrogens with zero attached hydrogens (tertiary/aromatic N) is 3. The van der Waals surface area contributed by atoms with E-state index in [4.69, 9.17) is 0 Å². The van der Waals surface area contributed by atoms with Crippen LogP contribution in [0.25, 0.3) is 0 Å². The largest absolute Gasteiger partial charge is 0.274 e. The molecule has 0 saturated carbocycles. The van der Waals surface area contributed by atoms with Crippen LogP contribution in [0.1, 0.15) is 18.0 Å². The van der Waals surface area contributed by atoms with Gasteiger partial charge in [0.1, 0.15) is 6.04 Å².